The summed E-state index contributed by atoms with van der Waals surface area (Å²) < 4.78 is 39.2. The molecule has 2 aromatic carbocycles. The summed E-state index contributed by atoms with van der Waals surface area (Å²) in [5.41, 5.74) is 3.57. The largest absolute Gasteiger partial charge is 0.416 e. The number of amides is 2. The number of rotatable bonds is 6. The maximum atomic E-state index is 13.1. The van der Waals surface area contributed by atoms with Crippen LogP contribution in [0.25, 0.3) is 0 Å². The monoisotopic (exact) mass is 381 g/mol. The third kappa shape index (κ3) is 5.03. The number of carbonyl (C=O) groups excluding carboxylic acids is 2. The van der Waals surface area contributed by atoms with Gasteiger partial charge in [0.15, 0.2) is 0 Å². The maximum absolute atomic E-state index is 13.1. The van der Waals surface area contributed by atoms with Crippen molar-refractivity contribution in [3.8, 4) is 0 Å². The van der Waals surface area contributed by atoms with E-state index in [-0.39, 0.29) is 16.8 Å². The van der Waals surface area contributed by atoms with Crippen LogP contribution in [0.3, 0.4) is 0 Å². The Morgan fingerprint density at radius 2 is 1.81 bits per heavy atom. The van der Waals surface area contributed by atoms with Crippen molar-refractivity contribution in [2.75, 3.05) is 0 Å². The second-order valence-electron chi connectivity index (χ2n) is 5.59. The molecule has 0 saturated heterocycles. The predicted molar refractivity (Wildman–Crippen MR) is 88.7 cm³/mol. The van der Waals surface area contributed by atoms with E-state index in [1.165, 1.54) is 36.4 Å². The lowest BCUT2D eigenvalue weighted by atomic mass is 9.99. The van der Waals surface area contributed by atoms with Gasteiger partial charge in [-0.25, -0.2) is 0 Å². The highest BCUT2D eigenvalue weighted by Crippen LogP contribution is 2.32. The molecular formula is C17H14F3N3O4. The van der Waals surface area contributed by atoms with Crippen LogP contribution in [-0.4, -0.2) is 22.8 Å². The van der Waals surface area contributed by atoms with Crippen LogP contribution in [0.2, 0.25) is 0 Å². The standard InChI is InChI=1S/C17H14F3N3O4/c18-17(19,20)13-7-2-1-4-10(13)9-14(15(21)24)22-16(25)11-5-3-6-12(8-11)23(26)27/h1-8,14H,9H2,(H2,21,24)(H,22,25)/t14-/m1/s1. The van der Waals surface area contributed by atoms with Gasteiger partial charge in [-0.1, -0.05) is 24.3 Å². The first kappa shape index (κ1) is 19.9. The number of alkyl halides is 3. The third-order valence-corrected chi connectivity index (χ3v) is 3.71. The molecule has 7 nitrogen and oxygen atoms in total. The highest BCUT2D eigenvalue weighted by molar-refractivity contribution is 5.97. The summed E-state index contributed by atoms with van der Waals surface area (Å²) in [6.45, 7) is 0. The van der Waals surface area contributed by atoms with Crippen molar-refractivity contribution in [2.24, 2.45) is 5.73 Å². The molecule has 0 aliphatic carbocycles. The molecule has 0 aromatic heterocycles. The van der Waals surface area contributed by atoms with Gasteiger partial charge in [0.25, 0.3) is 11.6 Å². The zero-order valence-electron chi connectivity index (χ0n) is 13.7. The molecule has 0 heterocycles. The van der Waals surface area contributed by atoms with E-state index >= 15 is 0 Å². The number of nitrogens with two attached hydrogens (primary N) is 1. The summed E-state index contributed by atoms with van der Waals surface area (Å²) >= 11 is 0. The van der Waals surface area contributed by atoms with Crippen molar-refractivity contribution in [2.45, 2.75) is 18.6 Å². The van der Waals surface area contributed by atoms with Gasteiger partial charge < -0.3 is 11.1 Å². The van der Waals surface area contributed by atoms with Gasteiger partial charge in [-0.2, -0.15) is 13.2 Å². The molecule has 0 spiro atoms. The zero-order chi connectivity index (χ0) is 20.2. The molecule has 0 aliphatic rings. The molecule has 0 aliphatic heterocycles. The molecule has 10 heteroatoms. The number of primary amides is 1. The summed E-state index contributed by atoms with van der Waals surface area (Å²) in [5, 5.41) is 13.0. The minimum Gasteiger partial charge on any atom is -0.368 e. The molecular weight excluding hydrogens is 367 g/mol. The van der Waals surface area contributed by atoms with E-state index in [0.717, 1.165) is 12.1 Å². The first-order valence-electron chi connectivity index (χ1n) is 7.59. The molecule has 27 heavy (non-hydrogen) atoms. The van der Waals surface area contributed by atoms with E-state index in [1.807, 2.05) is 0 Å². The molecule has 0 bridgehead atoms. The Hall–Kier alpha value is -3.43. The lowest BCUT2D eigenvalue weighted by molar-refractivity contribution is -0.384. The Balaban J connectivity index is 2.25. The van der Waals surface area contributed by atoms with Crippen molar-refractivity contribution >= 4 is 17.5 Å². The number of halogens is 3. The quantitative estimate of drug-likeness (QED) is 0.591. The van der Waals surface area contributed by atoms with Crippen LogP contribution in [-0.2, 0) is 17.4 Å². The molecule has 142 valence electrons. The minimum absolute atomic E-state index is 0.125. The fraction of sp³-hybridized carbons (Fsp3) is 0.176. The van der Waals surface area contributed by atoms with E-state index in [2.05, 4.69) is 5.32 Å². The van der Waals surface area contributed by atoms with Crippen molar-refractivity contribution in [1.82, 2.24) is 5.32 Å². The van der Waals surface area contributed by atoms with Crippen molar-refractivity contribution < 1.29 is 27.7 Å². The average molecular weight is 381 g/mol. The molecule has 2 rings (SSSR count). The van der Waals surface area contributed by atoms with Gasteiger partial charge >= 0.3 is 6.18 Å². The maximum Gasteiger partial charge on any atom is 0.416 e. The van der Waals surface area contributed by atoms with E-state index in [9.17, 15) is 32.9 Å². The number of nitro groups is 1. The van der Waals surface area contributed by atoms with Crippen LogP contribution in [0.15, 0.2) is 48.5 Å². The minimum atomic E-state index is -4.64. The topological polar surface area (TPSA) is 115 Å². The molecule has 0 radical (unpaired) electrons. The number of nitrogens with one attached hydrogen (secondary N) is 1. The number of nitrogens with zero attached hydrogens (tertiary/aromatic N) is 1. The van der Waals surface area contributed by atoms with Crippen LogP contribution < -0.4 is 11.1 Å². The molecule has 3 N–H and O–H groups in total. The summed E-state index contributed by atoms with van der Waals surface area (Å²) in [4.78, 5) is 33.9. The smallest absolute Gasteiger partial charge is 0.368 e. The lowest BCUT2D eigenvalue weighted by Crippen LogP contribution is -2.46. The Bertz CT molecular complexity index is 884. The second-order valence-corrected chi connectivity index (χ2v) is 5.59. The SMILES string of the molecule is NC(=O)[C@@H](Cc1ccccc1C(F)(F)F)NC(=O)c1cccc([N+](=O)[O-])c1. The molecule has 0 fully saturated rings. The molecule has 0 unspecified atom stereocenters. The van der Waals surface area contributed by atoms with E-state index in [0.29, 0.717) is 0 Å². The Kier molecular flexibility index (Phi) is 5.78. The normalized spacial score (nSPS) is 12.3. The lowest BCUT2D eigenvalue weighted by Gasteiger charge is -2.18. The van der Waals surface area contributed by atoms with Gasteiger partial charge in [-0.15, -0.1) is 0 Å². The van der Waals surface area contributed by atoms with E-state index < -0.39 is 40.9 Å². The van der Waals surface area contributed by atoms with Gasteiger partial charge in [0, 0.05) is 24.1 Å². The van der Waals surface area contributed by atoms with E-state index in [4.69, 9.17) is 5.73 Å². The van der Waals surface area contributed by atoms with Crippen LogP contribution in [0.4, 0.5) is 18.9 Å². The average Bonchev–Trinajstić information content (AvgIpc) is 2.60. The Morgan fingerprint density at radius 3 is 2.41 bits per heavy atom. The van der Waals surface area contributed by atoms with Crippen molar-refractivity contribution in [3.05, 3.63) is 75.3 Å². The van der Waals surface area contributed by atoms with Crippen LogP contribution in [0, 0.1) is 10.1 Å². The zero-order valence-corrected chi connectivity index (χ0v) is 13.7. The highest BCUT2D eigenvalue weighted by atomic mass is 19.4. The first-order valence-corrected chi connectivity index (χ1v) is 7.59. The van der Waals surface area contributed by atoms with Crippen molar-refractivity contribution in [1.29, 1.82) is 0 Å². The second kappa shape index (κ2) is 7.85. The first-order chi connectivity index (χ1) is 12.6. The van der Waals surface area contributed by atoms with Gasteiger partial charge in [0.1, 0.15) is 6.04 Å². The number of hydrogen-bond donors (Lipinski definition) is 2. The number of carbonyl (C=O) groups is 2. The van der Waals surface area contributed by atoms with Crippen molar-refractivity contribution in [3.63, 3.8) is 0 Å². The van der Waals surface area contributed by atoms with Crippen LogP contribution in [0.5, 0.6) is 0 Å². The van der Waals surface area contributed by atoms with E-state index in [1.54, 1.807) is 0 Å². The van der Waals surface area contributed by atoms with Crippen LogP contribution in [0.1, 0.15) is 21.5 Å². The predicted octanol–water partition coefficient (Wildman–Crippen LogP) is 2.44. The number of benzene rings is 2. The Morgan fingerprint density at radius 1 is 1.15 bits per heavy atom. The highest BCUT2D eigenvalue weighted by Gasteiger charge is 2.34. The molecule has 2 amide bonds. The van der Waals surface area contributed by atoms with Gasteiger partial charge in [-0.05, 0) is 17.7 Å². The van der Waals surface area contributed by atoms with Gasteiger partial charge in [-0.3, -0.25) is 19.7 Å². The number of hydrogen-bond acceptors (Lipinski definition) is 4. The van der Waals surface area contributed by atoms with Gasteiger partial charge in [0.05, 0.1) is 10.5 Å². The summed E-state index contributed by atoms with van der Waals surface area (Å²) in [5.74, 6) is -1.90. The van der Waals surface area contributed by atoms with Gasteiger partial charge in [0.2, 0.25) is 5.91 Å². The molecule has 2 aromatic rings. The molecule has 0 saturated carbocycles. The summed E-state index contributed by atoms with van der Waals surface area (Å²) in [7, 11) is 0. The molecule has 1 atom stereocenters. The fourth-order valence-electron chi connectivity index (χ4n) is 2.42. The summed E-state index contributed by atoms with van der Waals surface area (Å²) in [6, 6.07) is 7.86. The number of nitro benzene ring substituents is 1. The Labute approximate surface area is 151 Å². The third-order valence-electron chi connectivity index (χ3n) is 3.71. The van der Waals surface area contributed by atoms with Crippen LogP contribution >= 0.6 is 0 Å². The summed E-state index contributed by atoms with van der Waals surface area (Å²) in [6.07, 6.45) is -5.12. The fourth-order valence-corrected chi connectivity index (χ4v) is 2.42. The number of non-ortho nitro benzene ring substituents is 1.